The van der Waals surface area contributed by atoms with Crippen LogP contribution in [0.25, 0.3) is 10.9 Å². The van der Waals surface area contributed by atoms with Gasteiger partial charge in [0.2, 0.25) is 5.91 Å². The molecule has 0 bridgehead atoms. The number of urea groups is 1. The van der Waals surface area contributed by atoms with Crippen LogP contribution >= 0.6 is 0 Å². The number of benzene rings is 2. The lowest BCUT2D eigenvalue weighted by Crippen LogP contribution is -2.45. The van der Waals surface area contributed by atoms with Gasteiger partial charge in [-0.15, -0.1) is 0 Å². The van der Waals surface area contributed by atoms with Crippen LogP contribution < -0.4 is 16.0 Å². The number of carbonyl (C=O) groups excluding carboxylic acids is 2. The van der Waals surface area contributed by atoms with Crippen LogP contribution in [0, 0.1) is 11.7 Å². The van der Waals surface area contributed by atoms with E-state index in [9.17, 15) is 14.0 Å². The topological polar surface area (TPSA) is 116 Å². The first kappa shape index (κ1) is 17.7. The molecule has 2 heterocycles. The maximum Gasteiger partial charge on any atom is 0.340 e. The summed E-state index contributed by atoms with van der Waals surface area (Å²) >= 11 is 0. The van der Waals surface area contributed by atoms with Gasteiger partial charge in [-0.2, -0.15) is 5.10 Å². The van der Waals surface area contributed by atoms with Crippen LogP contribution in [0.5, 0.6) is 0 Å². The molecule has 2 aromatic carbocycles. The predicted octanol–water partition coefficient (Wildman–Crippen LogP) is 2.75. The van der Waals surface area contributed by atoms with Crippen molar-refractivity contribution < 1.29 is 14.0 Å². The molecule has 1 aliphatic rings. The van der Waals surface area contributed by atoms with Gasteiger partial charge in [0.05, 0.1) is 11.4 Å². The number of nitrogens with one attached hydrogen (secondary N) is 2. The van der Waals surface area contributed by atoms with Gasteiger partial charge in [0.1, 0.15) is 5.82 Å². The van der Waals surface area contributed by atoms with E-state index in [2.05, 4.69) is 20.5 Å². The summed E-state index contributed by atoms with van der Waals surface area (Å²) in [4.78, 5) is 30.2. The number of halogens is 1. The number of H-pyrrole nitrogens is 1. The van der Waals surface area contributed by atoms with Gasteiger partial charge in [-0.05, 0) is 49.4 Å². The zero-order valence-electron chi connectivity index (χ0n) is 14.9. The molecule has 1 atom stereocenters. The highest BCUT2D eigenvalue weighted by molar-refractivity contribution is 6.16. The second kappa shape index (κ2) is 6.76. The van der Waals surface area contributed by atoms with E-state index in [0.717, 1.165) is 5.52 Å². The molecule has 8 nitrogen and oxygen atoms in total. The third-order valence-corrected chi connectivity index (χ3v) is 4.68. The lowest BCUT2D eigenvalue weighted by Gasteiger charge is -2.29. The molecule has 0 radical (unpaired) electrons. The summed E-state index contributed by atoms with van der Waals surface area (Å²) in [6, 6.07) is 10.4. The van der Waals surface area contributed by atoms with E-state index in [-0.39, 0.29) is 12.5 Å². The van der Waals surface area contributed by atoms with Gasteiger partial charge in [0, 0.05) is 29.0 Å². The first-order valence-electron chi connectivity index (χ1n) is 8.60. The minimum atomic E-state index is -0.639. The highest BCUT2D eigenvalue weighted by Gasteiger charge is 2.32. The Hall–Kier alpha value is -3.75. The Labute approximate surface area is 159 Å². The number of fused-ring (bicyclic) bond motifs is 1. The highest BCUT2D eigenvalue weighted by Crippen LogP contribution is 2.32. The first-order valence-corrected chi connectivity index (χ1v) is 8.60. The monoisotopic (exact) mass is 380 g/mol. The van der Waals surface area contributed by atoms with Crippen molar-refractivity contribution in [2.45, 2.75) is 6.92 Å². The number of hydrogen-bond donors (Lipinski definition) is 3. The number of amides is 3. The van der Waals surface area contributed by atoms with Gasteiger partial charge >= 0.3 is 6.03 Å². The maximum atomic E-state index is 13.4. The average molecular weight is 380 g/mol. The number of rotatable bonds is 3. The Kier molecular flexibility index (Phi) is 4.26. The SMILES string of the molecule is CC1=NC(=O)NCC1C(=O)N(c1ccc(F)cc1)c1ccc2[nH]nc(N)c2c1. The molecule has 0 aliphatic carbocycles. The Balaban J connectivity index is 1.82. The van der Waals surface area contributed by atoms with Crippen LogP contribution in [-0.4, -0.2) is 34.4 Å². The van der Waals surface area contributed by atoms with Crippen molar-refractivity contribution >= 4 is 45.7 Å². The molecule has 9 heteroatoms. The molecule has 0 fully saturated rings. The smallest absolute Gasteiger partial charge is 0.340 e. The molecule has 0 saturated carbocycles. The summed E-state index contributed by atoms with van der Waals surface area (Å²) in [5, 5.41) is 10.0. The van der Waals surface area contributed by atoms with Gasteiger partial charge in [0.15, 0.2) is 5.82 Å². The lowest BCUT2D eigenvalue weighted by atomic mass is 10.00. The van der Waals surface area contributed by atoms with E-state index in [0.29, 0.717) is 28.3 Å². The third-order valence-electron chi connectivity index (χ3n) is 4.68. The van der Waals surface area contributed by atoms with Crippen LogP contribution in [0.2, 0.25) is 0 Å². The fraction of sp³-hybridized carbons (Fsp3) is 0.158. The van der Waals surface area contributed by atoms with Crippen molar-refractivity contribution in [1.82, 2.24) is 15.5 Å². The van der Waals surface area contributed by atoms with Crippen molar-refractivity contribution in [1.29, 1.82) is 0 Å². The molecular weight excluding hydrogens is 363 g/mol. The molecule has 1 aliphatic heterocycles. The van der Waals surface area contributed by atoms with Gasteiger partial charge in [-0.1, -0.05) is 0 Å². The molecule has 4 rings (SSSR count). The Morgan fingerprint density at radius 2 is 1.93 bits per heavy atom. The van der Waals surface area contributed by atoms with E-state index < -0.39 is 17.8 Å². The number of aromatic nitrogens is 2. The van der Waals surface area contributed by atoms with Crippen molar-refractivity contribution in [3.05, 3.63) is 48.3 Å². The van der Waals surface area contributed by atoms with Crippen molar-refractivity contribution in [2.24, 2.45) is 10.9 Å². The van der Waals surface area contributed by atoms with Gasteiger partial charge < -0.3 is 11.1 Å². The average Bonchev–Trinajstić information content (AvgIpc) is 3.04. The predicted molar refractivity (Wildman–Crippen MR) is 104 cm³/mol. The number of aromatic amines is 1. The zero-order chi connectivity index (χ0) is 19.8. The van der Waals surface area contributed by atoms with E-state index in [4.69, 9.17) is 5.73 Å². The van der Waals surface area contributed by atoms with Gasteiger partial charge in [0.25, 0.3) is 0 Å². The van der Waals surface area contributed by atoms with E-state index in [1.807, 2.05) is 0 Å². The van der Waals surface area contributed by atoms with Crippen LogP contribution in [0.3, 0.4) is 0 Å². The number of hydrogen-bond acceptors (Lipinski definition) is 4. The Morgan fingerprint density at radius 1 is 1.21 bits per heavy atom. The summed E-state index contributed by atoms with van der Waals surface area (Å²) in [5.74, 6) is -1.03. The fourth-order valence-corrected chi connectivity index (χ4v) is 3.19. The summed E-state index contributed by atoms with van der Waals surface area (Å²) in [7, 11) is 0. The van der Waals surface area contributed by atoms with E-state index in [1.54, 1.807) is 25.1 Å². The van der Waals surface area contributed by atoms with E-state index in [1.165, 1.54) is 29.2 Å². The summed E-state index contributed by atoms with van der Waals surface area (Å²) in [6.07, 6.45) is 0. The number of anilines is 3. The quantitative estimate of drug-likeness (QED) is 0.648. The number of nitrogens with two attached hydrogens (primary N) is 1. The Morgan fingerprint density at radius 3 is 2.64 bits per heavy atom. The molecule has 4 N–H and O–H groups in total. The molecule has 28 heavy (non-hydrogen) atoms. The van der Waals surface area contributed by atoms with Crippen molar-refractivity contribution in [3.8, 4) is 0 Å². The lowest BCUT2D eigenvalue weighted by molar-refractivity contribution is -0.119. The molecule has 3 amide bonds. The summed E-state index contributed by atoms with van der Waals surface area (Å²) in [5.41, 5.74) is 8.08. The molecule has 1 unspecified atom stereocenters. The van der Waals surface area contributed by atoms with Crippen molar-refractivity contribution in [2.75, 3.05) is 17.2 Å². The van der Waals surface area contributed by atoms with E-state index >= 15 is 0 Å². The standard InChI is InChI=1S/C19H17FN6O2/c1-10-15(9-22-19(28)23-10)18(27)26(12-4-2-11(20)3-5-12)13-6-7-16-14(8-13)17(21)25-24-16/h2-8,15H,9H2,1H3,(H,22,28)(H3,21,24,25). The molecule has 0 saturated heterocycles. The third kappa shape index (κ3) is 3.07. The minimum absolute atomic E-state index is 0.140. The first-order chi connectivity index (χ1) is 13.4. The van der Waals surface area contributed by atoms with Gasteiger partial charge in [-0.25, -0.2) is 14.2 Å². The second-order valence-corrected chi connectivity index (χ2v) is 6.48. The number of aliphatic imine (C=N–C) groups is 1. The summed E-state index contributed by atoms with van der Waals surface area (Å²) in [6.45, 7) is 1.78. The fourth-order valence-electron chi connectivity index (χ4n) is 3.19. The molecule has 142 valence electrons. The largest absolute Gasteiger partial charge is 0.382 e. The molecule has 3 aromatic rings. The number of carbonyl (C=O) groups is 2. The minimum Gasteiger partial charge on any atom is -0.382 e. The molecule has 0 spiro atoms. The molecular formula is C19H17FN6O2. The Bertz CT molecular complexity index is 1110. The number of nitrogen functional groups attached to an aromatic ring is 1. The van der Waals surface area contributed by atoms with Crippen LogP contribution in [0.4, 0.5) is 26.4 Å². The second-order valence-electron chi connectivity index (χ2n) is 6.48. The zero-order valence-corrected chi connectivity index (χ0v) is 14.9. The maximum absolute atomic E-state index is 13.4. The summed E-state index contributed by atoms with van der Waals surface area (Å²) < 4.78 is 13.4. The highest BCUT2D eigenvalue weighted by atomic mass is 19.1. The molecule has 1 aromatic heterocycles. The van der Waals surface area contributed by atoms with Crippen LogP contribution in [0.15, 0.2) is 47.5 Å². The van der Waals surface area contributed by atoms with Crippen LogP contribution in [-0.2, 0) is 4.79 Å². The number of nitrogens with zero attached hydrogens (tertiary/aromatic N) is 3. The normalized spacial score (nSPS) is 16.6. The van der Waals surface area contributed by atoms with Crippen LogP contribution in [0.1, 0.15) is 6.92 Å². The van der Waals surface area contributed by atoms with Gasteiger partial charge in [-0.3, -0.25) is 14.8 Å². The van der Waals surface area contributed by atoms with Crippen molar-refractivity contribution in [3.63, 3.8) is 0 Å².